The molecular weight excluding hydrogens is 523 g/mol. The molecule has 1 N–H and O–H groups in total. The molecule has 3 aromatic carbocycles. The topological polar surface area (TPSA) is 70.1 Å². The molecule has 198 valence electrons. The van der Waals surface area contributed by atoms with Gasteiger partial charge in [-0.05, 0) is 52.9 Å². The maximum absolute atomic E-state index is 13.5. The molecule has 0 spiro atoms. The molecule has 1 amide bonds. The molecule has 0 radical (unpaired) electrons. The fourth-order valence-electron chi connectivity index (χ4n) is 4.58. The molecule has 0 aromatic heterocycles. The van der Waals surface area contributed by atoms with Crippen molar-refractivity contribution in [1.29, 1.82) is 0 Å². The standard InChI is InChI=1S/C30H30Cl2N2O4/c1-30(2,3)18-9-13-21(14-10-18)34-25(17-7-11-20(12-8-17)33(4)5)24(27(36)29(34)37)26(35)22-15-19(31)16-23(32)28(22)38-6/h7-16,25,35H,1-6H3/b26-24+. The van der Waals surface area contributed by atoms with E-state index in [9.17, 15) is 14.7 Å². The van der Waals surface area contributed by atoms with Crippen LogP contribution in [-0.4, -0.2) is 38.0 Å². The second kappa shape index (κ2) is 10.4. The average molecular weight is 553 g/mol. The zero-order valence-electron chi connectivity index (χ0n) is 22.2. The van der Waals surface area contributed by atoms with Gasteiger partial charge >= 0.3 is 0 Å². The number of hydrogen-bond donors (Lipinski definition) is 1. The molecule has 0 aliphatic carbocycles. The maximum atomic E-state index is 13.5. The number of nitrogens with zero attached hydrogens (tertiary/aromatic N) is 2. The van der Waals surface area contributed by atoms with E-state index in [0.29, 0.717) is 11.3 Å². The first-order valence-electron chi connectivity index (χ1n) is 12.1. The number of amides is 1. The molecule has 1 aliphatic rings. The summed E-state index contributed by atoms with van der Waals surface area (Å²) in [6.07, 6.45) is 0. The molecule has 1 saturated heterocycles. The van der Waals surface area contributed by atoms with Crippen molar-refractivity contribution in [3.05, 3.63) is 93.0 Å². The van der Waals surface area contributed by atoms with E-state index < -0.39 is 23.5 Å². The molecule has 8 heteroatoms. The van der Waals surface area contributed by atoms with Crippen molar-refractivity contribution in [2.45, 2.75) is 32.2 Å². The second-order valence-electron chi connectivity index (χ2n) is 10.4. The highest BCUT2D eigenvalue weighted by Crippen LogP contribution is 2.45. The van der Waals surface area contributed by atoms with Gasteiger partial charge in [-0.2, -0.15) is 0 Å². The Labute approximate surface area is 233 Å². The highest BCUT2D eigenvalue weighted by molar-refractivity contribution is 6.52. The lowest BCUT2D eigenvalue weighted by Gasteiger charge is -2.27. The summed E-state index contributed by atoms with van der Waals surface area (Å²) in [5, 5.41) is 11.9. The van der Waals surface area contributed by atoms with E-state index >= 15 is 0 Å². The lowest BCUT2D eigenvalue weighted by Crippen LogP contribution is -2.29. The van der Waals surface area contributed by atoms with Crippen LogP contribution in [0.1, 0.15) is 43.5 Å². The predicted molar refractivity (Wildman–Crippen MR) is 154 cm³/mol. The zero-order chi connectivity index (χ0) is 27.9. The summed E-state index contributed by atoms with van der Waals surface area (Å²) in [4.78, 5) is 30.4. The van der Waals surface area contributed by atoms with Gasteiger partial charge in [0.25, 0.3) is 11.7 Å². The van der Waals surface area contributed by atoms with Crippen LogP contribution < -0.4 is 14.5 Å². The number of benzene rings is 3. The van der Waals surface area contributed by atoms with Crippen molar-refractivity contribution < 1.29 is 19.4 Å². The van der Waals surface area contributed by atoms with Crippen LogP contribution in [0, 0.1) is 0 Å². The predicted octanol–water partition coefficient (Wildman–Crippen LogP) is 6.99. The van der Waals surface area contributed by atoms with Crippen LogP contribution in [0.2, 0.25) is 10.0 Å². The van der Waals surface area contributed by atoms with Crippen LogP contribution >= 0.6 is 23.2 Å². The maximum Gasteiger partial charge on any atom is 0.300 e. The van der Waals surface area contributed by atoms with E-state index in [2.05, 4.69) is 20.8 Å². The molecule has 6 nitrogen and oxygen atoms in total. The van der Waals surface area contributed by atoms with E-state index in [1.54, 1.807) is 0 Å². The summed E-state index contributed by atoms with van der Waals surface area (Å²) >= 11 is 12.5. The Hall–Kier alpha value is -3.48. The molecule has 3 aromatic rings. The third-order valence-corrected chi connectivity index (χ3v) is 7.15. The minimum Gasteiger partial charge on any atom is -0.507 e. The monoisotopic (exact) mass is 552 g/mol. The van der Waals surface area contributed by atoms with Crippen molar-refractivity contribution in [2.75, 3.05) is 31.0 Å². The van der Waals surface area contributed by atoms with Gasteiger partial charge in [-0.3, -0.25) is 14.5 Å². The van der Waals surface area contributed by atoms with Gasteiger partial charge < -0.3 is 14.7 Å². The Kier molecular flexibility index (Phi) is 7.51. The SMILES string of the molecule is COc1c(Cl)cc(Cl)cc1/C(O)=C1\C(=O)C(=O)N(c2ccc(C(C)(C)C)cc2)C1c1ccc(N(C)C)cc1. The first-order valence-corrected chi connectivity index (χ1v) is 12.8. The average Bonchev–Trinajstić information content (AvgIpc) is 3.13. The third-order valence-electron chi connectivity index (χ3n) is 6.65. The number of carbonyl (C=O) groups is 2. The van der Waals surface area contributed by atoms with Gasteiger partial charge in [-0.15, -0.1) is 0 Å². The summed E-state index contributed by atoms with van der Waals surface area (Å²) in [5.74, 6) is -1.83. The summed E-state index contributed by atoms with van der Waals surface area (Å²) < 4.78 is 5.41. The van der Waals surface area contributed by atoms with E-state index in [0.717, 1.165) is 11.3 Å². The summed E-state index contributed by atoms with van der Waals surface area (Å²) in [6.45, 7) is 6.30. The normalized spacial score (nSPS) is 17.2. The van der Waals surface area contributed by atoms with Crippen molar-refractivity contribution in [3.8, 4) is 5.75 Å². The van der Waals surface area contributed by atoms with Gasteiger partial charge in [0.2, 0.25) is 0 Å². The van der Waals surface area contributed by atoms with Gasteiger partial charge in [-0.25, -0.2) is 0 Å². The van der Waals surface area contributed by atoms with Gasteiger partial charge in [0.15, 0.2) is 0 Å². The van der Waals surface area contributed by atoms with Crippen LogP contribution in [0.4, 0.5) is 11.4 Å². The smallest absolute Gasteiger partial charge is 0.300 e. The number of carbonyl (C=O) groups excluding carboxylic acids is 2. The number of ketones is 1. The summed E-state index contributed by atoms with van der Waals surface area (Å²) in [7, 11) is 5.25. The number of ether oxygens (including phenoxy) is 1. The minimum absolute atomic E-state index is 0.0795. The number of hydrogen-bond acceptors (Lipinski definition) is 5. The number of halogens is 2. The molecule has 1 fully saturated rings. The van der Waals surface area contributed by atoms with Crippen molar-refractivity contribution in [1.82, 2.24) is 0 Å². The van der Waals surface area contributed by atoms with Crippen LogP contribution in [0.15, 0.2) is 66.2 Å². The number of aliphatic hydroxyl groups is 1. The number of aliphatic hydroxyl groups excluding tert-OH is 1. The quantitative estimate of drug-likeness (QED) is 0.210. The van der Waals surface area contributed by atoms with Crippen LogP contribution in [0.25, 0.3) is 5.76 Å². The van der Waals surface area contributed by atoms with Crippen LogP contribution in [0.5, 0.6) is 5.75 Å². The third kappa shape index (κ3) is 4.98. The molecule has 4 rings (SSSR count). The summed E-state index contributed by atoms with van der Waals surface area (Å²) in [6, 6.07) is 17.1. The first-order chi connectivity index (χ1) is 17.8. The second-order valence-corrected chi connectivity index (χ2v) is 11.3. The Balaban J connectivity index is 1.96. The van der Waals surface area contributed by atoms with Crippen molar-refractivity contribution in [2.24, 2.45) is 0 Å². The fourth-order valence-corrected chi connectivity index (χ4v) is 5.15. The van der Waals surface area contributed by atoms with Gasteiger partial charge in [0.1, 0.15) is 11.5 Å². The largest absolute Gasteiger partial charge is 0.507 e. The van der Waals surface area contributed by atoms with Crippen molar-refractivity contribution >= 4 is 52.0 Å². The van der Waals surface area contributed by atoms with E-state index in [4.69, 9.17) is 27.9 Å². The Morgan fingerprint density at radius 1 is 0.974 bits per heavy atom. The van der Waals surface area contributed by atoms with E-state index in [1.165, 1.54) is 24.1 Å². The Morgan fingerprint density at radius 2 is 1.58 bits per heavy atom. The molecule has 1 atom stereocenters. The number of Topliss-reactive ketones (excluding diaryl/α,β-unsaturated/α-hetero) is 1. The lowest BCUT2D eigenvalue weighted by molar-refractivity contribution is -0.132. The molecule has 1 unspecified atom stereocenters. The number of anilines is 2. The van der Waals surface area contributed by atoms with E-state index in [-0.39, 0.29) is 32.3 Å². The Morgan fingerprint density at radius 3 is 2.11 bits per heavy atom. The zero-order valence-corrected chi connectivity index (χ0v) is 23.7. The summed E-state index contributed by atoms with van der Waals surface area (Å²) in [5.41, 5.74) is 3.19. The number of rotatable bonds is 5. The van der Waals surface area contributed by atoms with Gasteiger partial charge in [-0.1, -0.05) is 68.2 Å². The number of methoxy groups -OCH3 is 1. The molecular formula is C30H30Cl2N2O4. The molecule has 0 bridgehead atoms. The van der Waals surface area contributed by atoms with Crippen molar-refractivity contribution in [3.63, 3.8) is 0 Å². The fraction of sp³-hybridized carbons (Fsp3) is 0.267. The molecule has 38 heavy (non-hydrogen) atoms. The Bertz CT molecular complexity index is 1420. The van der Waals surface area contributed by atoms with Gasteiger partial charge in [0.05, 0.1) is 29.3 Å². The molecule has 0 saturated carbocycles. The van der Waals surface area contributed by atoms with E-state index in [1.807, 2.05) is 67.5 Å². The van der Waals surface area contributed by atoms with Crippen LogP contribution in [-0.2, 0) is 15.0 Å². The highest BCUT2D eigenvalue weighted by Gasteiger charge is 2.47. The molecule has 1 aliphatic heterocycles. The highest BCUT2D eigenvalue weighted by atomic mass is 35.5. The lowest BCUT2D eigenvalue weighted by atomic mass is 9.87. The van der Waals surface area contributed by atoms with Gasteiger partial charge in [0, 0.05) is 30.5 Å². The molecule has 1 heterocycles. The minimum atomic E-state index is -0.894. The first kappa shape index (κ1) is 27.6. The van der Waals surface area contributed by atoms with Crippen LogP contribution in [0.3, 0.4) is 0 Å².